The van der Waals surface area contributed by atoms with Crippen LogP contribution in [0.1, 0.15) is 48.2 Å². The van der Waals surface area contributed by atoms with Crippen LogP contribution in [-0.2, 0) is 32.1 Å². The molecule has 5 atom stereocenters. The number of hydrogen-bond acceptors (Lipinski definition) is 8. The van der Waals surface area contributed by atoms with E-state index < -0.39 is 58.3 Å². The minimum atomic E-state index is -2.64. The maximum Gasteiger partial charge on any atom is 0.235 e. The predicted octanol–water partition coefficient (Wildman–Crippen LogP) is 1.49. The predicted molar refractivity (Wildman–Crippen MR) is 136 cm³/mol. The lowest BCUT2D eigenvalue weighted by Gasteiger charge is -2.48. The van der Waals surface area contributed by atoms with E-state index in [0.29, 0.717) is 18.2 Å². The first-order chi connectivity index (χ1) is 17.9. The first kappa shape index (κ1) is 25.9. The fourth-order valence-corrected chi connectivity index (χ4v) is 6.36. The number of benzene rings is 2. The second-order valence-corrected chi connectivity index (χ2v) is 11.0. The second kappa shape index (κ2) is 9.25. The van der Waals surface area contributed by atoms with E-state index in [1.807, 2.05) is 24.3 Å². The number of carbonyl (C=O) groups is 5. The Bertz CT molecular complexity index is 1380. The highest BCUT2D eigenvalue weighted by atomic mass is 16.3. The van der Waals surface area contributed by atoms with Crippen molar-refractivity contribution in [1.82, 2.24) is 5.32 Å². The molecule has 2 saturated carbocycles. The van der Waals surface area contributed by atoms with Gasteiger partial charge < -0.3 is 21.3 Å². The van der Waals surface area contributed by atoms with Crippen molar-refractivity contribution in [3.8, 4) is 16.9 Å². The number of phenolic OH excluding ortho intramolecular Hbond substituents is 1. The van der Waals surface area contributed by atoms with Crippen LogP contribution >= 0.6 is 0 Å². The molecule has 0 spiro atoms. The van der Waals surface area contributed by atoms with Gasteiger partial charge in [-0.05, 0) is 47.1 Å². The van der Waals surface area contributed by atoms with Gasteiger partial charge in [0.2, 0.25) is 5.91 Å². The second-order valence-electron chi connectivity index (χ2n) is 11.0. The van der Waals surface area contributed by atoms with E-state index in [-0.39, 0.29) is 30.6 Å². The third-order valence-electron chi connectivity index (χ3n) is 8.26. The van der Waals surface area contributed by atoms with Crippen molar-refractivity contribution >= 4 is 29.0 Å². The van der Waals surface area contributed by atoms with Crippen molar-refractivity contribution in [2.45, 2.75) is 51.3 Å². The summed E-state index contributed by atoms with van der Waals surface area (Å²) in [5.41, 5.74) is 5.83. The molecule has 3 aliphatic rings. The molecular formula is C29H30N2O7. The molecule has 0 heterocycles. The van der Waals surface area contributed by atoms with Gasteiger partial charge in [-0.15, -0.1) is 0 Å². The smallest absolute Gasteiger partial charge is 0.235 e. The molecule has 9 heteroatoms. The topological polar surface area (TPSA) is 164 Å². The quantitative estimate of drug-likeness (QED) is 0.433. The molecule has 0 saturated heterocycles. The highest BCUT2D eigenvalue weighted by molar-refractivity contribution is 6.31. The van der Waals surface area contributed by atoms with Crippen LogP contribution in [0, 0.1) is 23.7 Å². The molecule has 2 aromatic rings. The number of nitrogens with one attached hydrogen (secondary N) is 1. The summed E-state index contributed by atoms with van der Waals surface area (Å²) in [6, 6.07) is 11.3. The number of Topliss-reactive ketones (excluding diaryl/α,β-unsaturated/α-hetero) is 4. The Kier molecular flexibility index (Phi) is 6.31. The van der Waals surface area contributed by atoms with E-state index >= 15 is 0 Å². The van der Waals surface area contributed by atoms with Gasteiger partial charge in [0.15, 0.2) is 34.7 Å². The normalized spacial score (nSPS) is 28.6. The van der Waals surface area contributed by atoms with E-state index in [4.69, 9.17) is 5.73 Å². The summed E-state index contributed by atoms with van der Waals surface area (Å²) in [7, 11) is 0. The number of phenols is 1. The maximum absolute atomic E-state index is 13.7. The highest BCUT2D eigenvalue weighted by Gasteiger charge is 2.66. The molecule has 1 amide bonds. The molecular weight excluding hydrogens is 488 g/mol. The summed E-state index contributed by atoms with van der Waals surface area (Å²) in [4.78, 5) is 64.6. The van der Waals surface area contributed by atoms with Crippen LogP contribution in [0.4, 0.5) is 0 Å². The molecule has 9 nitrogen and oxygen atoms in total. The monoisotopic (exact) mass is 518 g/mol. The SMILES string of the molecule is CC(C)NCc1ccc(-c2ccc(O)c3c2C[C@H]2C[C@H]4CC(=O)C(C(N)=O)C(=O)[C@@]4(O)C(=O)C2C3=O)cc1. The fraction of sp³-hybridized carbons (Fsp3) is 0.414. The lowest BCUT2D eigenvalue weighted by atomic mass is 9.53. The van der Waals surface area contributed by atoms with Crippen LogP contribution in [0.15, 0.2) is 36.4 Å². The molecule has 2 unspecified atom stereocenters. The summed E-state index contributed by atoms with van der Waals surface area (Å²) in [6.45, 7) is 4.83. The molecule has 0 aliphatic heterocycles. The highest BCUT2D eigenvalue weighted by Crippen LogP contribution is 2.51. The van der Waals surface area contributed by atoms with Gasteiger partial charge in [0.1, 0.15) is 5.75 Å². The fourth-order valence-electron chi connectivity index (χ4n) is 6.36. The van der Waals surface area contributed by atoms with Gasteiger partial charge in [0.05, 0.1) is 11.5 Å². The first-order valence-corrected chi connectivity index (χ1v) is 12.8. The number of amides is 1. The van der Waals surface area contributed by atoms with Gasteiger partial charge >= 0.3 is 0 Å². The molecule has 0 bridgehead atoms. The van der Waals surface area contributed by atoms with Crippen LogP contribution in [0.5, 0.6) is 5.75 Å². The van der Waals surface area contributed by atoms with Crippen molar-refractivity contribution < 1.29 is 34.2 Å². The number of carbonyl (C=O) groups excluding carboxylic acids is 5. The zero-order valence-corrected chi connectivity index (χ0v) is 21.2. The van der Waals surface area contributed by atoms with Crippen molar-refractivity contribution in [2.75, 3.05) is 0 Å². The number of rotatable bonds is 5. The van der Waals surface area contributed by atoms with Gasteiger partial charge in [-0.2, -0.15) is 0 Å². The summed E-state index contributed by atoms with van der Waals surface area (Å²) in [5, 5.41) is 25.3. The first-order valence-electron chi connectivity index (χ1n) is 12.8. The standard InChI is InChI=1S/C29H30N2O7/c1-13(2)31-12-14-3-5-15(6-4-14)18-7-8-20(32)23-19(18)10-16-9-17-11-21(33)24(28(30)37)27(36)29(17,38)26(35)22(16)25(23)34/h3-8,13,16-17,22,24,31-32,38H,9-12H2,1-2H3,(H2,30,37)/t16-,17+,22?,24?,29+/m1/s1. The van der Waals surface area contributed by atoms with Crippen molar-refractivity contribution in [2.24, 2.45) is 29.4 Å². The molecule has 2 fully saturated rings. The number of ketones is 4. The number of primary amides is 1. The molecule has 0 radical (unpaired) electrons. The Labute approximate surface area is 219 Å². The van der Waals surface area contributed by atoms with Crippen LogP contribution in [-0.4, -0.2) is 50.9 Å². The van der Waals surface area contributed by atoms with E-state index in [1.54, 1.807) is 6.07 Å². The Morgan fingerprint density at radius 2 is 1.74 bits per heavy atom. The maximum atomic E-state index is 13.7. The van der Waals surface area contributed by atoms with E-state index in [9.17, 15) is 34.2 Å². The average molecular weight is 519 g/mol. The Hall–Kier alpha value is -3.69. The molecule has 5 N–H and O–H groups in total. The van der Waals surface area contributed by atoms with Gasteiger partial charge in [-0.25, -0.2) is 0 Å². The minimum absolute atomic E-state index is 0.00418. The van der Waals surface area contributed by atoms with Gasteiger partial charge in [-0.3, -0.25) is 24.0 Å². The number of fused-ring (bicyclic) bond motifs is 3. The van der Waals surface area contributed by atoms with Crippen molar-refractivity contribution in [3.63, 3.8) is 0 Å². The zero-order chi connectivity index (χ0) is 27.5. The molecule has 5 rings (SSSR count). The molecule has 38 heavy (non-hydrogen) atoms. The van der Waals surface area contributed by atoms with Gasteiger partial charge in [-0.1, -0.05) is 44.2 Å². The number of nitrogens with two attached hydrogens (primary N) is 1. The van der Waals surface area contributed by atoms with Crippen LogP contribution in [0.3, 0.4) is 0 Å². The lowest BCUT2D eigenvalue weighted by molar-refractivity contribution is -0.175. The van der Waals surface area contributed by atoms with E-state index in [0.717, 1.165) is 16.7 Å². The van der Waals surface area contributed by atoms with E-state index in [1.165, 1.54) is 6.07 Å². The van der Waals surface area contributed by atoms with Crippen LogP contribution in [0.25, 0.3) is 11.1 Å². The van der Waals surface area contributed by atoms with E-state index in [2.05, 4.69) is 19.2 Å². The molecule has 3 aliphatic carbocycles. The minimum Gasteiger partial charge on any atom is -0.507 e. The molecule has 2 aromatic carbocycles. The van der Waals surface area contributed by atoms with Crippen LogP contribution in [0.2, 0.25) is 0 Å². The number of aliphatic hydroxyl groups is 1. The number of hydrogen-bond donors (Lipinski definition) is 4. The van der Waals surface area contributed by atoms with Crippen LogP contribution < -0.4 is 11.1 Å². The Morgan fingerprint density at radius 1 is 1.05 bits per heavy atom. The van der Waals surface area contributed by atoms with Gasteiger partial charge in [0, 0.05) is 24.9 Å². The lowest BCUT2D eigenvalue weighted by Crippen LogP contribution is -2.68. The summed E-state index contributed by atoms with van der Waals surface area (Å²) in [5.74, 6) is -10.1. The third kappa shape index (κ3) is 3.88. The average Bonchev–Trinajstić information content (AvgIpc) is 2.85. The van der Waals surface area contributed by atoms with Crippen molar-refractivity contribution in [1.29, 1.82) is 0 Å². The van der Waals surface area contributed by atoms with Gasteiger partial charge in [0.25, 0.3) is 0 Å². The summed E-state index contributed by atoms with van der Waals surface area (Å²) < 4.78 is 0. The Balaban J connectivity index is 1.53. The number of aromatic hydroxyl groups is 1. The van der Waals surface area contributed by atoms with Crippen molar-refractivity contribution in [3.05, 3.63) is 53.1 Å². The third-order valence-corrected chi connectivity index (χ3v) is 8.26. The summed E-state index contributed by atoms with van der Waals surface area (Å²) in [6.07, 6.45) is -0.0489. The zero-order valence-electron chi connectivity index (χ0n) is 21.2. The largest absolute Gasteiger partial charge is 0.507 e. The molecule has 0 aromatic heterocycles. The Morgan fingerprint density at radius 3 is 2.37 bits per heavy atom. The summed E-state index contributed by atoms with van der Waals surface area (Å²) >= 11 is 0. The molecule has 198 valence electrons.